The molecule has 3 aromatic rings. The lowest BCUT2D eigenvalue weighted by molar-refractivity contribution is -0.140. The maximum atomic E-state index is 14.2. The zero-order chi connectivity index (χ0) is 31.1. The predicted molar refractivity (Wildman–Crippen MR) is 168 cm³/mol. The fraction of sp³-hybridized carbons (Fsp3) is 0.355. The first-order chi connectivity index (χ1) is 20.4. The smallest absolute Gasteiger partial charge is 0.244 e. The van der Waals surface area contributed by atoms with Crippen molar-refractivity contribution in [1.29, 1.82) is 0 Å². The fourth-order valence-corrected chi connectivity index (χ4v) is 5.92. The van der Waals surface area contributed by atoms with Crippen LogP contribution in [0.5, 0.6) is 11.5 Å². The highest BCUT2D eigenvalue weighted by Crippen LogP contribution is 2.35. The summed E-state index contributed by atoms with van der Waals surface area (Å²) in [5, 5.41) is 3.69. The van der Waals surface area contributed by atoms with Gasteiger partial charge in [0, 0.05) is 35.6 Å². The summed E-state index contributed by atoms with van der Waals surface area (Å²) in [6.07, 6.45) is 1.22. The van der Waals surface area contributed by atoms with E-state index >= 15 is 0 Å². The summed E-state index contributed by atoms with van der Waals surface area (Å²) in [4.78, 5) is 29.3. The molecule has 0 saturated heterocycles. The summed E-state index contributed by atoms with van der Waals surface area (Å²) in [7, 11) is -3.94. The molecule has 9 nitrogen and oxygen atoms in total. The number of sulfonamides is 1. The van der Waals surface area contributed by atoms with Crippen LogP contribution in [0, 0.1) is 5.92 Å². The first-order valence-electron chi connectivity index (χ1n) is 13.8. The Morgan fingerprint density at radius 3 is 2.30 bits per heavy atom. The number of hydrogen-bond donors (Lipinski definition) is 1. The molecule has 2 amide bonds. The van der Waals surface area contributed by atoms with E-state index in [9.17, 15) is 18.0 Å². The zero-order valence-electron chi connectivity index (χ0n) is 24.3. The van der Waals surface area contributed by atoms with Crippen LogP contribution >= 0.6 is 23.2 Å². The Morgan fingerprint density at radius 1 is 0.953 bits per heavy atom. The van der Waals surface area contributed by atoms with Gasteiger partial charge in [-0.1, -0.05) is 73.4 Å². The van der Waals surface area contributed by atoms with Crippen LogP contribution in [0.25, 0.3) is 0 Å². The van der Waals surface area contributed by atoms with Gasteiger partial charge in [0.25, 0.3) is 0 Å². The Kier molecular flexibility index (Phi) is 10.8. The number of ether oxygens (including phenoxy) is 2. The molecular formula is C31H35Cl2N3O6S. The van der Waals surface area contributed by atoms with Crippen molar-refractivity contribution >= 4 is 50.7 Å². The van der Waals surface area contributed by atoms with Gasteiger partial charge in [-0.15, -0.1) is 0 Å². The summed E-state index contributed by atoms with van der Waals surface area (Å²) in [5.41, 5.74) is 1.62. The van der Waals surface area contributed by atoms with Crippen LogP contribution in [0.1, 0.15) is 25.0 Å². The first-order valence-corrected chi connectivity index (χ1v) is 16.4. The van der Waals surface area contributed by atoms with E-state index in [1.54, 1.807) is 30.3 Å². The van der Waals surface area contributed by atoms with Gasteiger partial charge in [-0.05, 0) is 41.3 Å². The molecule has 1 aliphatic heterocycles. The summed E-state index contributed by atoms with van der Waals surface area (Å²) < 4.78 is 38.3. The quantitative estimate of drug-likeness (QED) is 0.298. The normalized spacial score (nSPS) is 13.3. The van der Waals surface area contributed by atoms with Crippen molar-refractivity contribution in [3.63, 3.8) is 0 Å². The van der Waals surface area contributed by atoms with Crippen molar-refractivity contribution in [2.24, 2.45) is 5.92 Å². The van der Waals surface area contributed by atoms with E-state index in [0.29, 0.717) is 46.9 Å². The van der Waals surface area contributed by atoms with E-state index in [1.165, 1.54) is 11.0 Å². The molecule has 12 heteroatoms. The predicted octanol–water partition coefficient (Wildman–Crippen LogP) is 4.94. The van der Waals surface area contributed by atoms with Crippen LogP contribution in [0.3, 0.4) is 0 Å². The molecule has 1 N–H and O–H groups in total. The van der Waals surface area contributed by atoms with Gasteiger partial charge in [-0.2, -0.15) is 0 Å². The van der Waals surface area contributed by atoms with Crippen LogP contribution in [0.2, 0.25) is 10.0 Å². The van der Waals surface area contributed by atoms with E-state index in [1.807, 2.05) is 44.2 Å². The standard InChI is InChI=1S/C31H35Cl2N3O6S/c1-21(2)18-34-31(38)27(15-22-7-5-4-6-8-22)35(19-23-9-10-24(32)16-26(23)33)30(37)20-36(43(3,39)40)25-11-12-28-29(17-25)42-14-13-41-28/h4-12,16-17,21,27H,13-15,18-20H2,1-3H3,(H,34,38)/t27-/m1/s1. The molecule has 0 bridgehead atoms. The van der Waals surface area contributed by atoms with Crippen molar-refractivity contribution in [3.05, 3.63) is 87.9 Å². The van der Waals surface area contributed by atoms with Gasteiger partial charge in [0.2, 0.25) is 21.8 Å². The Hall–Kier alpha value is -3.47. The zero-order valence-corrected chi connectivity index (χ0v) is 26.6. The van der Waals surface area contributed by atoms with Crippen LogP contribution in [0.4, 0.5) is 5.69 Å². The van der Waals surface area contributed by atoms with E-state index < -0.39 is 28.5 Å². The van der Waals surface area contributed by atoms with E-state index in [-0.39, 0.29) is 30.5 Å². The van der Waals surface area contributed by atoms with Gasteiger partial charge >= 0.3 is 0 Å². The highest BCUT2D eigenvalue weighted by Gasteiger charge is 2.33. The van der Waals surface area contributed by atoms with Gasteiger partial charge in [0.05, 0.1) is 11.9 Å². The second-order valence-corrected chi connectivity index (χ2v) is 13.4. The summed E-state index contributed by atoms with van der Waals surface area (Å²) in [6, 6.07) is 17.9. The molecule has 0 aromatic heterocycles. The molecule has 1 heterocycles. The van der Waals surface area contributed by atoms with E-state index in [2.05, 4.69) is 5.32 Å². The highest BCUT2D eigenvalue weighted by molar-refractivity contribution is 7.92. The van der Waals surface area contributed by atoms with Crippen LogP contribution in [0.15, 0.2) is 66.7 Å². The number of rotatable bonds is 12. The van der Waals surface area contributed by atoms with E-state index in [0.717, 1.165) is 16.1 Å². The second-order valence-electron chi connectivity index (χ2n) is 10.7. The molecule has 3 aromatic carbocycles. The lowest BCUT2D eigenvalue weighted by Gasteiger charge is -2.34. The van der Waals surface area contributed by atoms with Crippen LogP contribution in [-0.4, -0.2) is 63.7 Å². The third-order valence-corrected chi connectivity index (χ3v) is 8.53. The molecule has 43 heavy (non-hydrogen) atoms. The molecule has 0 unspecified atom stereocenters. The van der Waals surface area contributed by atoms with Crippen molar-refractivity contribution in [1.82, 2.24) is 10.2 Å². The van der Waals surface area contributed by atoms with Crippen molar-refractivity contribution < 1.29 is 27.5 Å². The summed E-state index contributed by atoms with van der Waals surface area (Å²) >= 11 is 12.6. The number of halogens is 2. The number of hydrogen-bond acceptors (Lipinski definition) is 6. The number of carbonyl (C=O) groups excluding carboxylic acids is 2. The molecule has 1 atom stereocenters. The maximum absolute atomic E-state index is 14.2. The molecule has 230 valence electrons. The van der Waals surface area contributed by atoms with Gasteiger partial charge in [-0.25, -0.2) is 8.42 Å². The van der Waals surface area contributed by atoms with E-state index in [4.69, 9.17) is 32.7 Å². The fourth-order valence-electron chi connectivity index (χ4n) is 4.61. The van der Waals surface area contributed by atoms with Gasteiger partial charge in [0.15, 0.2) is 11.5 Å². The molecule has 0 saturated carbocycles. The van der Waals surface area contributed by atoms with Gasteiger partial charge in [-0.3, -0.25) is 13.9 Å². The molecule has 1 aliphatic rings. The minimum Gasteiger partial charge on any atom is -0.486 e. The SMILES string of the molecule is CC(C)CNC(=O)[C@@H](Cc1ccccc1)N(Cc1ccc(Cl)cc1Cl)C(=O)CN(c1ccc2c(c1)OCCO2)S(C)(=O)=O. The Bertz CT molecular complexity index is 1550. The number of fused-ring (bicyclic) bond motifs is 1. The number of amides is 2. The Morgan fingerprint density at radius 2 is 1.65 bits per heavy atom. The molecule has 4 rings (SSSR count). The largest absolute Gasteiger partial charge is 0.486 e. The van der Waals surface area contributed by atoms with Gasteiger partial charge < -0.3 is 19.7 Å². The third kappa shape index (κ3) is 8.78. The molecular weight excluding hydrogens is 613 g/mol. The second kappa shape index (κ2) is 14.3. The first kappa shape index (κ1) is 32.4. The number of carbonyl (C=O) groups is 2. The molecule has 0 spiro atoms. The Balaban J connectivity index is 1.74. The lowest BCUT2D eigenvalue weighted by atomic mass is 10.0. The van der Waals surface area contributed by atoms with Crippen molar-refractivity contribution in [2.75, 3.05) is 36.9 Å². The average Bonchev–Trinajstić information content (AvgIpc) is 2.97. The highest BCUT2D eigenvalue weighted by atomic mass is 35.5. The maximum Gasteiger partial charge on any atom is 0.244 e. The summed E-state index contributed by atoms with van der Waals surface area (Å²) in [6.45, 7) is 4.43. The van der Waals surface area contributed by atoms with Crippen molar-refractivity contribution in [3.8, 4) is 11.5 Å². The lowest BCUT2D eigenvalue weighted by Crippen LogP contribution is -2.53. The number of anilines is 1. The van der Waals surface area contributed by atoms with Crippen LogP contribution in [-0.2, 0) is 32.6 Å². The average molecular weight is 649 g/mol. The minimum absolute atomic E-state index is 0.0554. The molecule has 0 fully saturated rings. The monoisotopic (exact) mass is 647 g/mol. The molecule has 0 radical (unpaired) electrons. The summed E-state index contributed by atoms with van der Waals surface area (Å²) in [5.74, 6) is 0.0866. The molecule has 0 aliphatic carbocycles. The van der Waals surface area contributed by atoms with Crippen LogP contribution < -0.4 is 19.1 Å². The number of benzene rings is 3. The topological polar surface area (TPSA) is 105 Å². The number of nitrogens with one attached hydrogen (secondary N) is 1. The van der Waals surface area contributed by atoms with Crippen molar-refractivity contribution in [2.45, 2.75) is 32.9 Å². The van der Waals surface area contributed by atoms with Gasteiger partial charge in [0.1, 0.15) is 25.8 Å². The Labute approximate surface area is 262 Å². The third-order valence-electron chi connectivity index (χ3n) is 6.80. The minimum atomic E-state index is -3.94. The number of nitrogens with zero attached hydrogens (tertiary/aromatic N) is 2.